The van der Waals surface area contributed by atoms with Gasteiger partial charge in [0.15, 0.2) is 0 Å². The molecule has 1 amide bonds. The van der Waals surface area contributed by atoms with Crippen LogP contribution in [0.5, 0.6) is 5.75 Å². The molecule has 0 saturated carbocycles. The van der Waals surface area contributed by atoms with Gasteiger partial charge in [-0.1, -0.05) is 34.1 Å². The molecule has 0 aliphatic heterocycles. The SMILES string of the molecule is O=C(CCCOc1cccc(Br)c1)Nc1ccccc1I. The molecule has 0 aliphatic carbocycles. The van der Waals surface area contributed by atoms with Crippen LogP contribution in [0.2, 0.25) is 0 Å². The van der Waals surface area contributed by atoms with Gasteiger partial charge in [0, 0.05) is 14.5 Å². The fourth-order valence-corrected chi connectivity index (χ4v) is 2.66. The topological polar surface area (TPSA) is 38.3 Å². The molecule has 0 saturated heterocycles. The molecule has 2 rings (SSSR count). The summed E-state index contributed by atoms with van der Waals surface area (Å²) in [4.78, 5) is 11.9. The number of nitrogens with one attached hydrogen (secondary N) is 1. The minimum Gasteiger partial charge on any atom is -0.494 e. The molecule has 0 spiro atoms. The van der Waals surface area contributed by atoms with E-state index in [1.54, 1.807) is 0 Å². The lowest BCUT2D eigenvalue weighted by Crippen LogP contribution is -2.13. The lowest BCUT2D eigenvalue weighted by atomic mass is 10.2. The Morgan fingerprint density at radius 1 is 1.19 bits per heavy atom. The highest BCUT2D eigenvalue weighted by molar-refractivity contribution is 14.1. The zero-order chi connectivity index (χ0) is 15.1. The van der Waals surface area contributed by atoms with Gasteiger partial charge in [-0.3, -0.25) is 4.79 Å². The molecule has 0 atom stereocenters. The summed E-state index contributed by atoms with van der Waals surface area (Å²) in [7, 11) is 0. The Morgan fingerprint density at radius 3 is 2.76 bits per heavy atom. The van der Waals surface area contributed by atoms with Crippen molar-refractivity contribution < 1.29 is 9.53 Å². The second kappa shape index (κ2) is 8.38. The summed E-state index contributed by atoms with van der Waals surface area (Å²) in [5, 5.41) is 2.91. The van der Waals surface area contributed by atoms with Gasteiger partial charge in [0.2, 0.25) is 5.91 Å². The van der Waals surface area contributed by atoms with Gasteiger partial charge in [0.25, 0.3) is 0 Å². The van der Waals surface area contributed by atoms with Crippen LogP contribution < -0.4 is 10.1 Å². The highest BCUT2D eigenvalue weighted by Crippen LogP contribution is 2.19. The van der Waals surface area contributed by atoms with Crippen molar-refractivity contribution in [3.05, 3.63) is 56.6 Å². The van der Waals surface area contributed by atoms with Crippen molar-refractivity contribution in [2.45, 2.75) is 12.8 Å². The van der Waals surface area contributed by atoms with Crippen molar-refractivity contribution in [1.82, 2.24) is 0 Å². The molecule has 0 radical (unpaired) electrons. The Morgan fingerprint density at radius 2 is 2.00 bits per heavy atom. The molecule has 110 valence electrons. The molecule has 0 unspecified atom stereocenters. The average Bonchev–Trinajstić information content (AvgIpc) is 2.46. The van der Waals surface area contributed by atoms with Crippen LogP contribution in [-0.4, -0.2) is 12.5 Å². The van der Waals surface area contributed by atoms with Gasteiger partial charge < -0.3 is 10.1 Å². The zero-order valence-electron chi connectivity index (χ0n) is 11.3. The molecule has 0 bridgehead atoms. The third-order valence-electron chi connectivity index (χ3n) is 2.76. The van der Waals surface area contributed by atoms with Gasteiger partial charge in [-0.2, -0.15) is 0 Å². The minimum absolute atomic E-state index is 0.0111. The Kier molecular flexibility index (Phi) is 6.50. The van der Waals surface area contributed by atoms with E-state index in [0.717, 1.165) is 19.5 Å². The van der Waals surface area contributed by atoms with Gasteiger partial charge in [-0.25, -0.2) is 0 Å². The van der Waals surface area contributed by atoms with Crippen LogP contribution in [0.25, 0.3) is 0 Å². The summed E-state index contributed by atoms with van der Waals surface area (Å²) in [6, 6.07) is 15.4. The van der Waals surface area contributed by atoms with Crippen LogP contribution in [0.15, 0.2) is 53.0 Å². The van der Waals surface area contributed by atoms with Crippen LogP contribution in [0.1, 0.15) is 12.8 Å². The van der Waals surface area contributed by atoms with E-state index in [2.05, 4.69) is 43.8 Å². The molecule has 1 N–H and O–H groups in total. The van der Waals surface area contributed by atoms with E-state index in [-0.39, 0.29) is 5.91 Å². The quantitative estimate of drug-likeness (QED) is 0.495. The van der Waals surface area contributed by atoms with Crippen molar-refractivity contribution in [2.24, 2.45) is 0 Å². The first-order valence-corrected chi connectivity index (χ1v) is 8.45. The van der Waals surface area contributed by atoms with Crippen molar-refractivity contribution in [2.75, 3.05) is 11.9 Å². The summed E-state index contributed by atoms with van der Waals surface area (Å²) in [6.45, 7) is 0.524. The smallest absolute Gasteiger partial charge is 0.224 e. The average molecular weight is 460 g/mol. The van der Waals surface area contributed by atoms with Crippen molar-refractivity contribution >= 4 is 50.1 Å². The third kappa shape index (κ3) is 5.67. The number of hydrogen-bond acceptors (Lipinski definition) is 2. The maximum absolute atomic E-state index is 11.9. The molecule has 5 heteroatoms. The molecular weight excluding hydrogens is 445 g/mol. The number of halogens is 2. The maximum Gasteiger partial charge on any atom is 0.224 e. The highest BCUT2D eigenvalue weighted by Gasteiger charge is 2.05. The fourth-order valence-electron chi connectivity index (χ4n) is 1.75. The molecule has 3 nitrogen and oxygen atoms in total. The first kappa shape index (κ1) is 16.3. The summed E-state index contributed by atoms with van der Waals surface area (Å²) in [6.07, 6.45) is 1.13. The number of amides is 1. The molecule has 2 aromatic rings. The molecule has 0 aliphatic rings. The Bertz CT molecular complexity index is 619. The van der Waals surface area contributed by atoms with Crippen LogP contribution in [0.3, 0.4) is 0 Å². The first-order chi connectivity index (χ1) is 10.1. The van der Waals surface area contributed by atoms with Gasteiger partial charge in [-0.05, 0) is 59.3 Å². The molecule has 0 heterocycles. The van der Waals surface area contributed by atoms with Gasteiger partial charge in [0.05, 0.1) is 12.3 Å². The van der Waals surface area contributed by atoms with E-state index in [0.29, 0.717) is 19.4 Å². The molecule has 2 aromatic carbocycles. The standard InChI is InChI=1S/C16H15BrINO2/c17-12-5-3-6-13(11-12)21-10-4-9-16(20)19-15-8-2-1-7-14(15)18/h1-3,5-8,11H,4,9-10H2,(H,19,20). The number of carbonyl (C=O) groups is 1. The molecule has 0 aromatic heterocycles. The van der Waals surface area contributed by atoms with E-state index in [1.807, 2.05) is 48.5 Å². The summed E-state index contributed by atoms with van der Waals surface area (Å²) in [5.74, 6) is 0.819. The number of para-hydroxylation sites is 1. The van der Waals surface area contributed by atoms with E-state index < -0.39 is 0 Å². The van der Waals surface area contributed by atoms with Gasteiger partial charge in [0.1, 0.15) is 5.75 Å². The summed E-state index contributed by atoms with van der Waals surface area (Å²) in [5.41, 5.74) is 0.857. The van der Waals surface area contributed by atoms with E-state index in [1.165, 1.54) is 0 Å². The van der Waals surface area contributed by atoms with E-state index in [4.69, 9.17) is 4.74 Å². The van der Waals surface area contributed by atoms with Crippen LogP contribution in [0, 0.1) is 3.57 Å². The Balaban J connectivity index is 1.71. The Hall–Kier alpha value is -1.08. The molecule has 21 heavy (non-hydrogen) atoms. The second-order valence-corrected chi connectivity index (χ2v) is 6.52. The monoisotopic (exact) mass is 459 g/mol. The fraction of sp³-hybridized carbons (Fsp3) is 0.188. The van der Waals surface area contributed by atoms with Crippen molar-refractivity contribution in [1.29, 1.82) is 0 Å². The number of hydrogen-bond donors (Lipinski definition) is 1. The lowest BCUT2D eigenvalue weighted by molar-refractivity contribution is -0.116. The van der Waals surface area contributed by atoms with Crippen molar-refractivity contribution in [3.63, 3.8) is 0 Å². The van der Waals surface area contributed by atoms with Crippen LogP contribution >= 0.6 is 38.5 Å². The summed E-state index contributed by atoms with van der Waals surface area (Å²) >= 11 is 5.60. The van der Waals surface area contributed by atoms with Crippen LogP contribution in [-0.2, 0) is 4.79 Å². The first-order valence-electron chi connectivity index (χ1n) is 6.58. The molecule has 0 fully saturated rings. The van der Waals surface area contributed by atoms with Gasteiger partial charge >= 0.3 is 0 Å². The number of anilines is 1. The normalized spacial score (nSPS) is 10.2. The second-order valence-electron chi connectivity index (χ2n) is 4.44. The Labute approximate surface area is 146 Å². The predicted octanol–water partition coefficient (Wildman–Crippen LogP) is 4.85. The number of carbonyl (C=O) groups excluding carboxylic acids is 1. The minimum atomic E-state index is 0.0111. The summed E-state index contributed by atoms with van der Waals surface area (Å²) < 4.78 is 7.62. The number of rotatable bonds is 6. The van der Waals surface area contributed by atoms with Gasteiger partial charge in [-0.15, -0.1) is 0 Å². The number of ether oxygens (including phenoxy) is 1. The van der Waals surface area contributed by atoms with Crippen LogP contribution in [0.4, 0.5) is 5.69 Å². The third-order valence-corrected chi connectivity index (χ3v) is 4.19. The predicted molar refractivity (Wildman–Crippen MR) is 96.7 cm³/mol. The van der Waals surface area contributed by atoms with Crippen molar-refractivity contribution in [3.8, 4) is 5.75 Å². The largest absolute Gasteiger partial charge is 0.494 e. The lowest BCUT2D eigenvalue weighted by Gasteiger charge is -2.08. The zero-order valence-corrected chi connectivity index (χ0v) is 15.1. The maximum atomic E-state index is 11.9. The highest BCUT2D eigenvalue weighted by atomic mass is 127. The molecular formula is C16H15BrINO2. The van der Waals surface area contributed by atoms with E-state index in [9.17, 15) is 4.79 Å². The number of benzene rings is 2. The van der Waals surface area contributed by atoms with E-state index >= 15 is 0 Å².